The lowest BCUT2D eigenvalue weighted by atomic mass is 9.78. The molecule has 152 valence electrons. The number of rotatable bonds is 5. The summed E-state index contributed by atoms with van der Waals surface area (Å²) in [6, 6.07) is 2.33. The summed E-state index contributed by atoms with van der Waals surface area (Å²) in [5.41, 5.74) is 1.44. The molecule has 2 aliphatic heterocycles. The molecule has 7 nitrogen and oxygen atoms in total. The first-order chi connectivity index (χ1) is 13.6. The summed E-state index contributed by atoms with van der Waals surface area (Å²) in [6.45, 7) is 9.06. The highest BCUT2D eigenvalue weighted by atomic mass is 32.1. The van der Waals surface area contributed by atoms with Crippen molar-refractivity contribution in [3.63, 3.8) is 0 Å². The Morgan fingerprint density at radius 1 is 1.39 bits per heavy atom. The number of amides is 1. The van der Waals surface area contributed by atoms with Crippen molar-refractivity contribution in [2.75, 3.05) is 19.7 Å². The lowest BCUT2D eigenvalue weighted by Crippen LogP contribution is -2.44. The Hall–Kier alpha value is -1.77. The van der Waals surface area contributed by atoms with E-state index in [1.165, 1.54) is 5.56 Å². The Bertz CT molecular complexity index is 796. The van der Waals surface area contributed by atoms with Crippen molar-refractivity contribution in [2.24, 2.45) is 5.41 Å². The maximum absolute atomic E-state index is 12.7. The molecule has 1 amide bonds. The minimum Gasteiger partial charge on any atom is -0.373 e. The Kier molecular flexibility index (Phi) is 5.80. The molecule has 4 rings (SSSR count). The molecule has 0 aromatic carbocycles. The number of nitrogens with one attached hydrogen (secondary N) is 1. The number of thiophene rings is 1. The van der Waals surface area contributed by atoms with Crippen LogP contribution in [0.4, 0.5) is 0 Å². The van der Waals surface area contributed by atoms with Crippen LogP contribution in [0.5, 0.6) is 0 Å². The summed E-state index contributed by atoms with van der Waals surface area (Å²) in [5.74, 6) is 1.04. The van der Waals surface area contributed by atoms with E-state index in [-0.39, 0.29) is 17.4 Å². The molecular weight excluding hydrogens is 374 g/mol. The van der Waals surface area contributed by atoms with E-state index in [0.717, 1.165) is 57.9 Å². The summed E-state index contributed by atoms with van der Waals surface area (Å²) in [6.07, 6.45) is 3.00. The average Bonchev–Trinajstić information content (AvgIpc) is 3.30. The third-order valence-corrected chi connectivity index (χ3v) is 6.79. The van der Waals surface area contributed by atoms with Crippen LogP contribution in [0.15, 0.2) is 16.8 Å². The highest BCUT2D eigenvalue weighted by molar-refractivity contribution is 7.07. The molecule has 0 bridgehead atoms. The van der Waals surface area contributed by atoms with E-state index in [9.17, 15) is 4.79 Å². The van der Waals surface area contributed by atoms with Crippen molar-refractivity contribution in [1.29, 1.82) is 0 Å². The number of nitrogens with zero attached hydrogens (tertiary/aromatic N) is 4. The standard InChI is InChI=1S/C20H29N5O2S/c1-3-15(2)21-19(26)18-23-22-17-11-27-14-20(13-25(17)18)5-7-24(8-6-20)10-16-4-9-28-12-16/h4,9,12,15H,3,5-8,10-11,13-14H2,1-2H3,(H,21,26)/t15-/m1/s1. The van der Waals surface area contributed by atoms with Crippen molar-refractivity contribution in [2.45, 2.75) is 58.8 Å². The van der Waals surface area contributed by atoms with Gasteiger partial charge in [-0.15, -0.1) is 10.2 Å². The van der Waals surface area contributed by atoms with Crippen LogP contribution >= 0.6 is 11.3 Å². The minimum absolute atomic E-state index is 0.0458. The summed E-state index contributed by atoms with van der Waals surface area (Å²) in [5, 5.41) is 15.8. The highest BCUT2D eigenvalue weighted by Crippen LogP contribution is 2.37. The zero-order chi connectivity index (χ0) is 19.6. The van der Waals surface area contributed by atoms with Gasteiger partial charge in [0.1, 0.15) is 6.61 Å². The lowest BCUT2D eigenvalue weighted by molar-refractivity contribution is -0.00568. The van der Waals surface area contributed by atoms with E-state index in [2.05, 4.69) is 44.2 Å². The number of piperidine rings is 1. The van der Waals surface area contributed by atoms with Gasteiger partial charge < -0.3 is 14.6 Å². The Balaban J connectivity index is 1.46. The van der Waals surface area contributed by atoms with E-state index in [1.807, 2.05) is 11.5 Å². The van der Waals surface area contributed by atoms with Crippen LogP contribution in [-0.2, 0) is 24.4 Å². The van der Waals surface area contributed by atoms with E-state index in [1.54, 1.807) is 11.3 Å². The van der Waals surface area contributed by atoms with Crippen LogP contribution < -0.4 is 5.32 Å². The molecule has 2 aromatic rings. The van der Waals surface area contributed by atoms with Crippen LogP contribution in [0.2, 0.25) is 0 Å². The van der Waals surface area contributed by atoms with E-state index in [4.69, 9.17) is 4.74 Å². The zero-order valence-corrected chi connectivity index (χ0v) is 17.5. The molecule has 2 aliphatic rings. The molecule has 0 saturated carbocycles. The van der Waals surface area contributed by atoms with Crippen molar-refractivity contribution in [3.8, 4) is 0 Å². The fourth-order valence-electron chi connectivity index (χ4n) is 4.04. The van der Waals surface area contributed by atoms with Gasteiger partial charge in [-0.05, 0) is 61.7 Å². The van der Waals surface area contributed by atoms with E-state index >= 15 is 0 Å². The van der Waals surface area contributed by atoms with Gasteiger partial charge in [0.2, 0.25) is 5.82 Å². The van der Waals surface area contributed by atoms with Crippen molar-refractivity contribution >= 4 is 17.2 Å². The topological polar surface area (TPSA) is 72.3 Å². The molecule has 0 radical (unpaired) electrons. The van der Waals surface area contributed by atoms with Gasteiger partial charge in [-0.3, -0.25) is 9.69 Å². The number of hydrogen-bond donors (Lipinski definition) is 1. The van der Waals surface area contributed by atoms with Gasteiger partial charge in [-0.1, -0.05) is 6.92 Å². The Morgan fingerprint density at radius 3 is 2.93 bits per heavy atom. The summed E-state index contributed by atoms with van der Waals surface area (Å²) >= 11 is 1.75. The molecule has 28 heavy (non-hydrogen) atoms. The molecule has 0 aliphatic carbocycles. The number of hydrogen-bond acceptors (Lipinski definition) is 6. The Labute approximate surface area is 170 Å². The first-order valence-corrected chi connectivity index (χ1v) is 11.1. The van der Waals surface area contributed by atoms with Gasteiger partial charge in [-0.2, -0.15) is 11.3 Å². The molecule has 1 atom stereocenters. The second kappa shape index (κ2) is 8.31. The van der Waals surface area contributed by atoms with Crippen LogP contribution in [0.25, 0.3) is 0 Å². The maximum Gasteiger partial charge on any atom is 0.289 e. The van der Waals surface area contributed by atoms with E-state index in [0.29, 0.717) is 12.4 Å². The zero-order valence-electron chi connectivity index (χ0n) is 16.7. The van der Waals surface area contributed by atoms with Gasteiger partial charge in [0.15, 0.2) is 5.82 Å². The van der Waals surface area contributed by atoms with Crippen molar-refractivity contribution in [1.82, 2.24) is 25.0 Å². The average molecular weight is 404 g/mol. The van der Waals surface area contributed by atoms with Gasteiger partial charge in [0.05, 0.1) is 6.61 Å². The number of fused-ring (bicyclic) bond motifs is 1. The van der Waals surface area contributed by atoms with Crippen molar-refractivity contribution < 1.29 is 9.53 Å². The predicted octanol–water partition coefficient (Wildman–Crippen LogP) is 2.68. The molecule has 8 heteroatoms. The molecule has 0 unspecified atom stereocenters. The third kappa shape index (κ3) is 4.14. The second-order valence-corrected chi connectivity index (χ2v) is 8.99. The molecule has 1 N–H and O–H groups in total. The molecular formula is C20H29N5O2S. The lowest BCUT2D eigenvalue weighted by Gasteiger charge is -2.41. The SMILES string of the molecule is CC[C@@H](C)NC(=O)c1nnc2n1CC1(CCN(Cc3ccsc3)CC1)COC2. The number of carbonyl (C=O) groups is 1. The largest absolute Gasteiger partial charge is 0.373 e. The fraction of sp³-hybridized carbons (Fsp3) is 0.650. The van der Waals surface area contributed by atoms with Gasteiger partial charge >= 0.3 is 0 Å². The second-order valence-electron chi connectivity index (χ2n) is 8.21. The molecule has 4 heterocycles. The van der Waals surface area contributed by atoms with Gasteiger partial charge in [-0.25, -0.2) is 0 Å². The van der Waals surface area contributed by atoms with Crippen LogP contribution in [0.3, 0.4) is 0 Å². The highest BCUT2D eigenvalue weighted by Gasteiger charge is 2.39. The smallest absolute Gasteiger partial charge is 0.289 e. The summed E-state index contributed by atoms with van der Waals surface area (Å²) in [4.78, 5) is 15.2. The van der Waals surface area contributed by atoms with Gasteiger partial charge in [0, 0.05) is 24.5 Å². The summed E-state index contributed by atoms with van der Waals surface area (Å²) in [7, 11) is 0. The normalized spacial score (nSPS) is 20.5. The van der Waals surface area contributed by atoms with Gasteiger partial charge in [0.25, 0.3) is 5.91 Å². The van der Waals surface area contributed by atoms with Crippen LogP contribution in [0.1, 0.15) is 55.1 Å². The number of ether oxygens (including phenoxy) is 1. The first kappa shape index (κ1) is 19.5. The number of likely N-dealkylation sites (tertiary alicyclic amines) is 1. The molecule has 1 spiro atoms. The molecule has 2 aromatic heterocycles. The molecule has 1 fully saturated rings. The van der Waals surface area contributed by atoms with Crippen LogP contribution in [-0.4, -0.2) is 51.3 Å². The van der Waals surface area contributed by atoms with E-state index < -0.39 is 0 Å². The fourth-order valence-corrected chi connectivity index (χ4v) is 4.70. The molecule has 1 saturated heterocycles. The number of aromatic nitrogens is 3. The monoisotopic (exact) mass is 403 g/mol. The Morgan fingerprint density at radius 2 is 2.21 bits per heavy atom. The minimum atomic E-state index is -0.139. The quantitative estimate of drug-likeness (QED) is 0.831. The van der Waals surface area contributed by atoms with Crippen molar-refractivity contribution in [3.05, 3.63) is 34.0 Å². The third-order valence-electron chi connectivity index (χ3n) is 6.06. The summed E-state index contributed by atoms with van der Waals surface area (Å²) < 4.78 is 7.98. The number of carbonyl (C=O) groups excluding carboxylic acids is 1. The predicted molar refractivity (Wildman–Crippen MR) is 108 cm³/mol. The maximum atomic E-state index is 12.7. The van der Waals surface area contributed by atoms with Crippen LogP contribution in [0, 0.1) is 5.41 Å². The first-order valence-electron chi connectivity index (χ1n) is 10.1.